The van der Waals surface area contributed by atoms with E-state index in [1.807, 2.05) is 0 Å². The number of primary amides is 1. The van der Waals surface area contributed by atoms with Gasteiger partial charge in [0.15, 0.2) is 0 Å². The van der Waals surface area contributed by atoms with Crippen molar-refractivity contribution in [3.8, 4) is 0 Å². The molecule has 7 amide bonds. The molecule has 12 N–H and O–H groups in total. The van der Waals surface area contributed by atoms with Gasteiger partial charge in [-0.3, -0.25) is 43.2 Å². The Labute approximate surface area is 347 Å². The van der Waals surface area contributed by atoms with Gasteiger partial charge in [-0.25, -0.2) is 0 Å². The average Bonchev–Trinajstić information content (AvgIpc) is 3.72. The molecule has 2 rings (SSSR count). The summed E-state index contributed by atoms with van der Waals surface area (Å²) in [4.78, 5) is 116. The highest BCUT2D eigenvalue weighted by Crippen LogP contribution is 2.12. The van der Waals surface area contributed by atoms with Crippen LogP contribution in [0.2, 0.25) is 0 Å². The number of hydrogen-bond donors (Lipinski definition) is 10. The number of aliphatic carboxylic acids is 2. The van der Waals surface area contributed by atoms with Crippen LogP contribution in [0.5, 0.6) is 0 Å². The molecule has 0 aliphatic rings. The summed E-state index contributed by atoms with van der Waals surface area (Å²) in [5.41, 5.74) is 11.8. The van der Waals surface area contributed by atoms with Crippen molar-refractivity contribution < 1.29 is 57.8 Å². The van der Waals surface area contributed by atoms with Gasteiger partial charge in [0.25, 0.3) is 0 Å². The smallest absolute Gasteiger partial charge is 0.303 e. The van der Waals surface area contributed by atoms with Crippen molar-refractivity contribution in [3.63, 3.8) is 0 Å². The molecule has 2 aromatic rings. The van der Waals surface area contributed by atoms with Gasteiger partial charge in [0.1, 0.15) is 42.0 Å². The Hall–Kier alpha value is -6.31. The molecule has 0 fully saturated rings. The fourth-order valence-electron chi connectivity index (χ4n) is 6.02. The molecule has 0 aliphatic carbocycles. The van der Waals surface area contributed by atoms with E-state index in [0.717, 1.165) is 0 Å². The number of rotatable bonds is 28. The summed E-state index contributed by atoms with van der Waals surface area (Å²) >= 11 is 0. The normalized spacial score (nSPS) is 14.4. The summed E-state index contributed by atoms with van der Waals surface area (Å²) < 4.78 is 5.25. The van der Waals surface area contributed by atoms with Crippen molar-refractivity contribution in [1.82, 2.24) is 31.9 Å². The van der Waals surface area contributed by atoms with Gasteiger partial charge in [0, 0.05) is 32.6 Å². The topological polar surface area (TPSA) is 331 Å². The van der Waals surface area contributed by atoms with Crippen LogP contribution in [0.25, 0.3) is 0 Å². The van der Waals surface area contributed by atoms with Gasteiger partial charge < -0.3 is 58.0 Å². The highest BCUT2D eigenvalue weighted by Gasteiger charge is 2.34. The predicted molar refractivity (Wildman–Crippen MR) is 215 cm³/mol. The molecular formula is C40H58N8O12. The standard InChI is InChI=1S/C40H58N8O12/c1-4-23(2)34(43-24(3)49)40(59)46-29(16-18-33(52)53)37(56)44-27(14-8-9-19-41)36(55)48-31(21-25-11-6-5-7-12-25)39(58)45-28(15-17-32(50)51)38(57)47-30(35(42)54)22-26-13-10-20-60-26/h5-7,10-13,20,23,27-31,34H,4,8-9,14-19,21-22,41H2,1-3H3,(H2,42,54)(H,43,49)(H,44,56)(H,45,58)(H,46,59)(H,47,57)(H,48,55)(H,50,51)(H,52,53)/t23-,27-,28-,29-,30-,31-,34-/m0/s1. The zero-order valence-corrected chi connectivity index (χ0v) is 34.1. The summed E-state index contributed by atoms with van der Waals surface area (Å²) in [7, 11) is 0. The lowest BCUT2D eigenvalue weighted by Gasteiger charge is -2.28. The van der Waals surface area contributed by atoms with Crippen molar-refractivity contribution in [2.24, 2.45) is 17.4 Å². The largest absolute Gasteiger partial charge is 0.481 e. The van der Waals surface area contributed by atoms with Crippen molar-refractivity contribution in [2.45, 2.75) is 121 Å². The molecule has 0 radical (unpaired) electrons. The number of nitrogens with one attached hydrogen (secondary N) is 6. The number of nitrogens with two attached hydrogens (primary N) is 2. The highest BCUT2D eigenvalue weighted by atomic mass is 16.4. The molecule has 60 heavy (non-hydrogen) atoms. The number of amides is 7. The molecule has 0 saturated heterocycles. The van der Waals surface area contributed by atoms with Crippen LogP contribution in [-0.2, 0) is 56.0 Å². The molecule has 0 aliphatic heterocycles. The summed E-state index contributed by atoms with van der Waals surface area (Å²) in [5.74, 6) is -8.34. The van der Waals surface area contributed by atoms with Crippen LogP contribution >= 0.6 is 0 Å². The molecule has 0 unspecified atom stereocenters. The molecular weight excluding hydrogens is 784 g/mol. The van der Waals surface area contributed by atoms with E-state index in [9.17, 15) is 53.4 Å². The molecule has 0 saturated carbocycles. The first kappa shape index (κ1) is 49.8. The predicted octanol–water partition coefficient (Wildman–Crippen LogP) is -0.616. The lowest BCUT2D eigenvalue weighted by atomic mass is 9.97. The summed E-state index contributed by atoms with van der Waals surface area (Å²) in [6.07, 6.45) is 0.468. The summed E-state index contributed by atoms with van der Waals surface area (Å²) in [6.45, 7) is 4.98. The van der Waals surface area contributed by atoms with Crippen LogP contribution in [0.4, 0.5) is 0 Å². The molecule has 1 aromatic heterocycles. The van der Waals surface area contributed by atoms with E-state index in [-0.39, 0.29) is 38.1 Å². The molecule has 20 heteroatoms. The van der Waals surface area contributed by atoms with E-state index in [1.54, 1.807) is 56.3 Å². The maximum Gasteiger partial charge on any atom is 0.303 e. The molecule has 7 atom stereocenters. The van der Waals surface area contributed by atoms with Gasteiger partial charge in [-0.2, -0.15) is 0 Å². The fourth-order valence-corrected chi connectivity index (χ4v) is 6.02. The van der Waals surface area contributed by atoms with E-state index >= 15 is 0 Å². The molecule has 0 bridgehead atoms. The molecule has 1 aromatic carbocycles. The van der Waals surface area contributed by atoms with Crippen molar-refractivity contribution in [1.29, 1.82) is 0 Å². The van der Waals surface area contributed by atoms with E-state index in [1.165, 1.54) is 13.2 Å². The average molecular weight is 843 g/mol. The minimum absolute atomic E-state index is 0.00322. The second-order valence-corrected chi connectivity index (χ2v) is 14.4. The molecule has 20 nitrogen and oxygen atoms in total. The highest BCUT2D eigenvalue weighted by molar-refractivity contribution is 5.97. The Balaban J connectivity index is 2.43. The quantitative estimate of drug-likeness (QED) is 0.0479. The number of carboxylic acids is 2. The monoisotopic (exact) mass is 842 g/mol. The number of furan rings is 1. The summed E-state index contributed by atoms with van der Waals surface area (Å²) in [6, 6.07) is 3.52. The van der Waals surface area contributed by atoms with Crippen LogP contribution < -0.4 is 43.4 Å². The van der Waals surface area contributed by atoms with E-state index in [2.05, 4.69) is 31.9 Å². The van der Waals surface area contributed by atoms with Crippen molar-refractivity contribution in [3.05, 3.63) is 60.1 Å². The minimum atomic E-state index is -1.52. The third-order valence-corrected chi connectivity index (χ3v) is 9.55. The van der Waals surface area contributed by atoms with Gasteiger partial charge in [0.05, 0.1) is 6.26 Å². The Morgan fingerprint density at radius 1 is 0.633 bits per heavy atom. The Morgan fingerprint density at radius 3 is 1.60 bits per heavy atom. The van der Waals surface area contributed by atoms with Gasteiger partial charge >= 0.3 is 11.9 Å². The van der Waals surface area contributed by atoms with Crippen molar-refractivity contribution >= 4 is 53.3 Å². The Bertz CT molecular complexity index is 1760. The number of benzene rings is 1. The van der Waals surface area contributed by atoms with Crippen LogP contribution in [0.1, 0.15) is 83.5 Å². The maximum absolute atomic E-state index is 14.1. The van der Waals surface area contributed by atoms with Gasteiger partial charge in [-0.1, -0.05) is 50.6 Å². The lowest BCUT2D eigenvalue weighted by Crippen LogP contribution is -2.60. The molecule has 0 spiro atoms. The van der Waals surface area contributed by atoms with Crippen LogP contribution in [0.3, 0.4) is 0 Å². The zero-order chi connectivity index (χ0) is 44.8. The zero-order valence-electron chi connectivity index (χ0n) is 34.1. The number of carbonyl (C=O) groups excluding carboxylic acids is 7. The van der Waals surface area contributed by atoms with Crippen molar-refractivity contribution in [2.75, 3.05) is 6.54 Å². The van der Waals surface area contributed by atoms with E-state index in [4.69, 9.17) is 15.9 Å². The van der Waals surface area contributed by atoms with E-state index in [0.29, 0.717) is 30.6 Å². The van der Waals surface area contributed by atoms with Gasteiger partial charge in [0.2, 0.25) is 41.4 Å². The number of carboxylic acid groups (broad SMARTS) is 2. The number of carbonyl (C=O) groups is 9. The first-order valence-corrected chi connectivity index (χ1v) is 19.7. The van der Waals surface area contributed by atoms with Crippen LogP contribution in [0.15, 0.2) is 53.1 Å². The maximum atomic E-state index is 14.1. The van der Waals surface area contributed by atoms with E-state index < -0.39 is 109 Å². The lowest BCUT2D eigenvalue weighted by molar-refractivity contribution is -0.139. The second-order valence-electron chi connectivity index (χ2n) is 14.4. The number of unbranched alkanes of at least 4 members (excludes halogenated alkanes) is 1. The third-order valence-electron chi connectivity index (χ3n) is 9.55. The van der Waals surface area contributed by atoms with Crippen LogP contribution in [0, 0.1) is 5.92 Å². The summed E-state index contributed by atoms with van der Waals surface area (Å²) in [5, 5.41) is 34.0. The van der Waals surface area contributed by atoms with Gasteiger partial charge in [-0.05, 0) is 62.3 Å². The third kappa shape index (κ3) is 18.1. The molecule has 330 valence electrons. The Kier molecular flexibility index (Phi) is 21.5. The van der Waals surface area contributed by atoms with Gasteiger partial charge in [-0.15, -0.1) is 0 Å². The SMILES string of the molecule is CC[C@H](C)[C@H](NC(C)=O)C(=O)N[C@@H](CCC(=O)O)C(=O)N[C@@H](CCCCN)C(=O)N[C@@H](Cc1ccccc1)C(=O)N[C@@H](CCC(=O)O)C(=O)N[C@@H](Cc1ccco1)C(N)=O. The Morgan fingerprint density at radius 2 is 1.13 bits per heavy atom. The number of hydrogen-bond acceptors (Lipinski definition) is 11. The fraction of sp³-hybridized carbons (Fsp3) is 0.525. The first-order valence-electron chi connectivity index (χ1n) is 19.7. The molecule has 1 heterocycles. The minimum Gasteiger partial charge on any atom is -0.481 e. The second kappa shape index (κ2) is 25.9. The first-order chi connectivity index (χ1) is 28.4. The van der Waals surface area contributed by atoms with Crippen LogP contribution in [-0.4, -0.2) is 106 Å².